The van der Waals surface area contributed by atoms with Gasteiger partial charge in [-0.25, -0.2) is 13.1 Å². The van der Waals surface area contributed by atoms with Gasteiger partial charge in [-0.1, -0.05) is 6.07 Å². The zero-order chi connectivity index (χ0) is 19.4. The Labute approximate surface area is 157 Å². The number of hydrogen-bond acceptors (Lipinski definition) is 6. The first kappa shape index (κ1) is 19.0. The second kappa shape index (κ2) is 7.85. The van der Waals surface area contributed by atoms with Crippen LogP contribution in [0.2, 0.25) is 0 Å². The van der Waals surface area contributed by atoms with Crippen LogP contribution in [0.25, 0.3) is 0 Å². The molecule has 1 aliphatic heterocycles. The minimum absolute atomic E-state index is 0.0260. The average molecular weight is 392 g/mol. The Morgan fingerprint density at radius 2 is 1.93 bits per heavy atom. The van der Waals surface area contributed by atoms with Gasteiger partial charge in [0.05, 0.1) is 7.11 Å². The van der Waals surface area contributed by atoms with Gasteiger partial charge >= 0.3 is 0 Å². The summed E-state index contributed by atoms with van der Waals surface area (Å²) in [6, 6.07) is 9.92. The molecule has 0 aliphatic carbocycles. The summed E-state index contributed by atoms with van der Waals surface area (Å²) in [5, 5.41) is 2.70. The van der Waals surface area contributed by atoms with Crippen molar-refractivity contribution in [2.75, 3.05) is 25.8 Å². The highest BCUT2D eigenvalue weighted by Crippen LogP contribution is 2.34. The van der Waals surface area contributed by atoms with Gasteiger partial charge in [-0.15, -0.1) is 0 Å². The van der Waals surface area contributed by atoms with Gasteiger partial charge in [0.1, 0.15) is 10.6 Å². The van der Waals surface area contributed by atoms with E-state index in [-0.39, 0.29) is 36.3 Å². The van der Waals surface area contributed by atoms with E-state index in [1.165, 1.54) is 13.2 Å². The molecule has 0 atom stereocenters. The predicted molar refractivity (Wildman–Crippen MR) is 98.7 cm³/mol. The molecule has 0 fully saturated rings. The first-order valence-electron chi connectivity index (χ1n) is 8.23. The summed E-state index contributed by atoms with van der Waals surface area (Å²) >= 11 is 0. The third-order valence-corrected chi connectivity index (χ3v) is 5.39. The van der Waals surface area contributed by atoms with Gasteiger partial charge in [0, 0.05) is 24.7 Å². The smallest absolute Gasteiger partial charge is 0.244 e. The SMILES string of the molecule is COc1ccc(C)cc1S(=O)(=O)NCCC(=O)Nc1ccc2c(c1)OCO2. The quantitative estimate of drug-likeness (QED) is 0.748. The van der Waals surface area contributed by atoms with Gasteiger partial charge in [-0.2, -0.15) is 0 Å². The highest BCUT2D eigenvalue weighted by Gasteiger charge is 2.20. The third kappa shape index (κ3) is 4.50. The molecule has 1 amide bonds. The van der Waals surface area contributed by atoms with Crippen LogP contribution >= 0.6 is 0 Å². The number of aryl methyl sites for hydroxylation is 1. The van der Waals surface area contributed by atoms with Crippen LogP contribution < -0.4 is 24.2 Å². The van der Waals surface area contributed by atoms with E-state index in [1.54, 1.807) is 37.3 Å². The minimum atomic E-state index is -3.79. The molecule has 8 nitrogen and oxygen atoms in total. The average Bonchev–Trinajstić information content (AvgIpc) is 3.09. The number of amides is 1. The molecule has 2 N–H and O–H groups in total. The number of methoxy groups -OCH3 is 1. The van der Waals surface area contributed by atoms with Gasteiger partial charge in [0.25, 0.3) is 0 Å². The fourth-order valence-corrected chi connectivity index (χ4v) is 3.85. The number of hydrogen-bond donors (Lipinski definition) is 2. The molecule has 9 heteroatoms. The van der Waals surface area contributed by atoms with Crippen LogP contribution in [-0.2, 0) is 14.8 Å². The van der Waals surface area contributed by atoms with E-state index in [1.807, 2.05) is 0 Å². The van der Waals surface area contributed by atoms with Crippen molar-refractivity contribution in [2.45, 2.75) is 18.2 Å². The standard InChI is InChI=1S/C18H20N2O6S/c1-12-3-5-15(24-2)17(9-12)27(22,23)19-8-7-18(21)20-13-4-6-14-16(10-13)26-11-25-14/h3-6,9-10,19H,7-8,11H2,1-2H3,(H,20,21). The van der Waals surface area contributed by atoms with Crippen LogP contribution in [-0.4, -0.2) is 34.8 Å². The van der Waals surface area contributed by atoms with E-state index in [0.717, 1.165) is 5.56 Å². The van der Waals surface area contributed by atoms with Crippen LogP contribution in [0.15, 0.2) is 41.3 Å². The number of fused-ring (bicyclic) bond motifs is 1. The maximum atomic E-state index is 12.5. The van der Waals surface area contributed by atoms with Gasteiger partial charge in [-0.3, -0.25) is 4.79 Å². The topological polar surface area (TPSA) is 103 Å². The van der Waals surface area contributed by atoms with Crippen molar-refractivity contribution in [3.05, 3.63) is 42.0 Å². The lowest BCUT2D eigenvalue weighted by Crippen LogP contribution is -2.28. The summed E-state index contributed by atoms with van der Waals surface area (Å²) in [5.41, 5.74) is 1.34. The van der Waals surface area contributed by atoms with E-state index in [2.05, 4.69) is 10.0 Å². The predicted octanol–water partition coefficient (Wildman–Crippen LogP) is 2.04. The third-order valence-electron chi connectivity index (χ3n) is 3.91. The van der Waals surface area contributed by atoms with E-state index in [0.29, 0.717) is 17.2 Å². The number of anilines is 1. The molecular formula is C18H20N2O6S. The number of rotatable bonds is 7. The monoisotopic (exact) mass is 392 g/mol. The van der Waals surface area contributed by atoms with Crippen molar-refractivity contribution < 1.29 is 27.4 Å². The summed E-state index contributed by atoms with van der Waals surface area (Å²) in [5.74, 6) is 1.10. The fourth-order valence-electron chi connectivity index (χ4n) is 2.57. The molecule has 3 rings (SSSR count). The summed E-state index contributed by atoms with van der Waals surface area (Å²) in [4.78, 5) is 12.1. The zero-order valence-electron chi connectivity index (χ0n) is 14.9. The molecule has 0 radical (unpaired) electrons. The first-order valence-corrected chi connectivity index (χ1v) is 9.71. The fraction of sp³-hybridized carbons (Fsp3) is 0.278. The lowest BCUT2D eigenvalue weighted by Gasteiger charge is -2.11. The summed E-state index contributed by atoms with van der Waals surface area (Å²) in [6.07, 6.45) is -0.0260. The summed E-state index contributed by atoms with van der Waals surface area (Å²) < 4.78 is 42.9. The van der Waals surface area contributed by atoms with Crippen molar-refractivity contribution in [1.82, 2.24) is 4.72 Å². The molecule has 0 spiro atoms. The number of ether oxygens (including phenoxy) is 3. The number of sulfonamides is 1. The minimum Gasteiger partial charge on any atom is -0.495 e. The Kier molecular flexibility index (Phi) is 5.52. The number of carbonyl (C=O) groups is 1. The Bertz CT molecular complexity index is 958. The Morgan fingerprint density at radius 3 is 2.70 bits per heavy atom. The maximum Gasteiger partial charge on any atom is 0.244 e. The number of nitrogens with one attached hydrogen (secondary N) is 2. The molecule has 0 unspecified atom stereocenters. The molecule has 144 valence electrons. The molecule has 27 heavy (non-hydrogen) atoms. The molecule has 1 heterocycles. The van der Waals surface area contributed by atoms with Crippen LogP contribution in [0, 0.1) is 6.92 Å². The van der Waals surface area contributed by atoms with Gasteiger partial charge in [0.2, 0.25) is 22.7 Å². The van der Waals surface area contributed by atoms with E-state index in [9.17, 15) is 13.2 Å². The molecule has 0 saturated heterocycles. The van der Waals surface area contributed by atoms with Crippen molar-refractivity contribution in [3.8, 4) is 17.2 Å². The van der Waals surface area contributed by atoms with E-state index >= 15 is 0 Å². The molecule has 0 bridgehead atoms. The Balaban J connectivity index is 1.57. The Morgan fingerprint density at radius 1 is 1.15 bits per heavy atom. The molecule has 1 aliphatic rings. The zero-order valence-corrected chi connectivity index (χ0v) is 15.8. The van der Waals surface area contributed by atoms with Gasteiger partial charge in [-0.05, 0) is 36.8 Å². The first-order chi connectivity index (χ1) is 12.9. The molecule has 0 aromatic heterocycles. The second-order valence-electron chi connectivity index (χ2n) is 5.92. The largest absolute Gasteiger partial charge is 0.495 e. The second-order valence-corrected chi connectivity index (χ2v) is 7.65. The van der Waals surface area contributed by atoms with Crippen LogP contribution in [0.1, 0.15) is 12.0 Å². The van der Waals surface area contributed by atoms with Crippen LogP contribution in [0.5, 0.6) is 17.2 Å². The van der Waals surface area contributed by atoms with Crippen molar-refractivity contribution >= 4 is 21.6 Å². The highest BCUT2D eigenvalue weighted by atomic mass is 32.2. The lowest BCUT2D eigenvalue weighted by atomic mass is 10.2. The van der Waals surface area contributed by atoms with Crippen molar-refractivity contribution in [2.24, 2.45) is 0 Å². The van der Waals surface area contributed by atoms with Crippen molar-refractivity contribution in [3.63, 3.8) is 0 Å². The summed E-state index contributed by atoms with van der Waals surface area (Å²) in [7, 11) is -2.39. The molecular weight excluding hydrogens is 372 g/mol. The van der Waals surface area contributed by atoms with Crippen molar-refractivity contribution in [1.29, 1.82) is 0 Å². The molecule has 2 aromatic rings. The maximum absolute atomic E-state index is 12.5. The summed E-state index contributed by atoms with van der Waals surface area (Å²) in [6.45, 7) is 1.89. The number of carbonyl (C=O) groups excluding carboxylic acids is 1. The van der Waals surface area contributed by atoms with Crippen LogP contribution in [0.4, 0.5) is 5.69 Å². The number of benzene rings is 2. The molecule has 2 aromatic carbocycles. The van der Waals surface area contributed by atoms with E-state index < -0.39 is 10.0 Å². The normalized spacial score (nSPS) is 12.7. The lowest BCUT2D eigenvalue weighted by molar-refractivity contribution is -0.116. The van der Waals surface area contributed by atoms with Gasteiger partial charge in [0.15, 0.2) is 11.5 Å². The van der Waals surface area contributed by atoms with E-state index in [4.69, 9.17) is 14.2 Å². The highest BCUT2D eigenvalue weighted by molar-refractivity contribution is 7.89. The van der Waals surface area contributed by atoms with Crippen LogP contribution in [0.3, 0.4) is 0 Å². The van der Waals surface area contributed by atoms with Gasteiger partial charge < -0.3 is 19.5 Å². The Hall–Kier alpha value is -2.78. The molecule has 0 saturated carbocycles.